The van der Waals surface area contributed by atoms with Gasteiger partial charge in [-0.15, -0.1) is 0 Å². The van der Waals surface area contributed by atoms with Crippen molar-refractivity contribution in [2.24, 2.45) is 0 Å². The second kappa shape index (κ2) is 8.13. The van der Waals surface area contributed by atoms with Crippen LogP contribution >= 0.6 is 0 Å². The molecule has 144 valence electrons. The van der Waals surface area contributed by atoms with E-state index in [4.69, 9.17) is 0 Å². The van der Waals surface area contributed by atoms with E-state index in [0.29, 0.717) is 11.3 Å². The molecule has 0 bridgehead atoms. The summed E-state index contributed by atoms with van der Waals surface area (Å²) in [5, 5.41) is 3.01. The number of amides is 1. The molecule has 1 aliphatic rings. The second-order valence-corrected chi connectivity index (χ2v) is 8.73. The van der Waals surface area contributed by atoms with Gasteiger partial charge in [-0.25, -0.2) is 8.42 Å². The summed E-state index contributed by atoms with van der Waals surface area (Å²) in [6, 6.07) is 12.1. The highest BCUT2D eigenvalue weighted by atomic mass is 32.2. The van der Waals surface area contributed by atoms with Crippen LogP contribution in [0.15, 0.2) is 47.4 Å². The number of rotatable bonds is 6. The minimum absolute atomic E-state index is 0.144. The maximum absolute atomic E-state index is 12.8. The molecule has 2 N–H and O–H groups in total. The number of anilines is 1. The first-order valence-corrected chi connectivity index (χ1v) is 10.9. The zero-order valence-electron chi connectivity index (χ0n) is 15.8. The highest BCUT2D eigenvalue weighted by Gasteiger charge is 2.20. The van der Waals surface area contributed by atoms with Crippen LogP contribution in [0.5, 0.6) is 0 Å². The summed E-state index contributed by atoms with van der Waals surface area (Å²) in [5.74, 6) is -0.147. The quantitative estimate of drug-likeness (QED) is 0.787. The third-order valence-electron chi connectivity index (χ3n) is 5.09. The lowest BCUT2D eigenvalue weighted by Crippen LogP contribution is -2.32. The number of sulfonamides is 1. The van der Waals surface area contributed by atoms with Crippen molar-refractivity contribution in [2.75, 3.05) is 4.72 Å². The number of hydrogen-bond donors (Lipinski definition) is 2. The summed E-state index contributed by atoms with van der Waals surface area (Å²) >= 11 is 0. The van der Waals surface area contributed by atoms with Gasteiger partial charge in [-0.2, -0.15) is 0 Å². The first-order valence-electron chi connectivity index (χ1n) is 9.43. The Morgan fingerprint density at radius 2 is 1.74 bits per heavy atom. The minimum Gasteiger partial charge on any atom is -0.349 e. The summed E-state index contributed by atoms with van der Waals surface area (Å²) in [6.07, 6.45) is 5.05. The molecule has 1 saturated carbocycles. The van der Waals surface area contributed by atoms with Crippen LogP contribution in [0.3, 0.4) is 0 Å². The number of benzene rings is 2. The molecule has 0 aromatic heterocycles. The molecule has 27 heavy (non-hydrogen) atoms. The maximum Gasteiger partial charge on any atom is 0.261 e. The van der Waals surface area contributed by atoms with E-state index in [1.165, 1.54) is 12.1 Å². The van der Waals surface area contributed by atoms with E-state index in [1.807, 2.05) is 32.0 Å². The van der Waals surface area contributed by atoms with Crippen molar-refractivity contribution in [1.29, 1.82) is 0 Å². The zero-order valence-corrected chi connectivity index (χ0v) is 16.6. The maximum atomic E-state index is 12.8. The summed E-state index contributed by atoms with van der Waals surface area (Å²) in [7, 11) is -3.71. The fraction of sp³-hybridized carbons (Fsp3) is 0.381. The molecule has 1 aliphatic carbocycles. The molecule has 0 heterocycles. The second-order valence-electron chi connectivity index (χ2n) is 7.05. The molecule has 2 aromatic carbocycles. The van der Waals surface area contributed by atoms with Crippen LogP contribution < -0.4 is 10.0 Å². The lowest BCUT2D eigenvalue weighted by atomic mass is 10.1. The minimum atomic E-state index is -3.71. The summed E-state index contributed by atoms with van der Waals surface area (Å²) in [4.78, 5) is 12.4. The molecule has 1 amide bonds. The molecule has 6 heteroatoms. The van der Waals surface area contributed by atoms with Crippen LogP contribution in [0, 0.1) is 6.92 Å². The van der Waals surface area contributed by atoms with Crippen LogP contribution in [-0.4, -0.2) is 20.4 Å². The average Bonchev–Trinajstić information content (AvgIpc) is 3.16. The van der Waals surface area contributed by atoms with Crippen molar-refractivity contribution >= 4 is 21.6 Å². The van der Waals surface area contributed by atoms with E-state index in [9.17, 15) is 13.2 Å². The molecule has 5 nitrogen and oxygen atoms in total. The molecular weight excluding hydrogens is 360 g/mol. The Labute approximate surface area is 161 Å². The Morgan fingerprint density at radius 1 is 1.07 bits per heavy atom. The van der Waals surface area contributed by atoms with Gasteiger partial charge in [0.2, 0.25) is 0 Å². The van der Waals surface area contributed by atoms with E-state index >= 15 is 0 Å². The van der Waals surface area contributed by atoms with Gasteiger partial charge in [0, 0.05) is 11.6 Å². The van der Waals surface area contributed by atoms with Crippen molar-refractivity contribution in [1.82, 2.24) is 5.32 Å². The average molecular weight is 387 g/mol. The van der Waals surface area contributed by atoms with Gasteiger partial charge in [-0.1, -0.05) is 38.0 Å². The van der Waals surface area contributed by atoms with Gasteiger partial charge in [0.15, 0.2) is 0 Å². The van der Waals surface area contributed by atoms with Gasteiger partial charge in [-0.3, -0.25) is 9.52 Å². The van der Waals surface area contributed by atoms with Crippen LogP contribution in [-0.2, 0) is 16.4 Å². The largest absolute Gasteiger partial charge is 0.349 e. The van der Waals surface area contributed by atoms with E-state index in [-0.39, 0.29) is 16.8 Å². The zero-order chi connectivity index (χ0) is 19.4. The molecule has 0 aliphatic heterocycles. The van der Waals surface area contributed by atoms with Crippen molar-refractivity contribution in [3.63, 3.8) is 0 Å². The number of carbonyl (C=O) groups excluding carboxylic acids is 1. The summed E-state index contributed by atoms with van der Waals surface area (Å²) in [6.45, 7) is 3.87. The predicted octanol–water partition coefficient (Wildman–Crippen LogP) is 4.03. The van der Waals surface area contributed by atoms with Crippen molar-refractivity contribution < 1.29 is 13.2 Å². The predicted molar refractivity (Wildman–Crippen MR) is 108 cm³/mol. The van der Waals surface area contributed by atoms with Gasteiger partial charge in [0.05, 0.1) is 10.6 Å². The standard InChI is InChI=1S/C21H26N2O3S/c1-3-16-8-6-7-15(2)20(16)23-27(25,26)19-13-11-17(12-14-19)21(24)22-18-9-4-5-10-18/h6-8,11-14,18,23H,3-5,9-10H2,1-2H3,(H,22,24). The van der Waals surface area contributed by atoms with Gasteiger partial charge in [-0.05, 0) is 61.6 Å². The van der Waals surface area contributed by atoms with Crippen LogP contribution in [0.25, 0.3) is 0 Å². The Balaban J connectivity index is 1.76. The van der Waals surface area contributed by atoms with Gasteiger partial charge < -0.3 is 5.32 Å². The van der Waals surface area contributed by atoms with Crippen molar-refractivity contribution in [3.05, 3.63) is 59.2 Å². The SMILES string of the molecule is CCc1cccc(C)c1NS(=O)(=O)c1ccc(C(=O)NC2CCCC2)cc1. The molecular formula is C21H26N2O3S. The Morgan fingerprint density at radius 3 is 2.37 bits per heavy atom. The van der Waals surface area contributed by atoms with Crippen molar-refractivity contribution in [2.45, 2.75) is 56.9 Å². The first kappa shape index (κ1) is 19.4. The first-order chi connectivity index (χ1) is 12.9. The fourth-order valence-electron chi connectivity index (χ4n) is 3.49. The fourth-order valence-corrected chi connectivity index (χ4v) is 4.66. The summed E-state index contributed by atoms with van der Waals surface area (Å²) in [5.41, 5.74) is 2.94. The molecule has 1 fully saturated rings. The normalized spacial score (nSPS) is 14.9. The molecule has 0 unspecified atom stereocenters. The van der Waals surface area contributed by atoms with Crippen LogP contribution in [0.4, 0.5) is 5.69 Å². The third-order valence-corrected chi connectivity index (χ3v) is 6.46. The lowest BCUT2D eigenvalue weighted by molar-refractivity contribution is 0.0938. The Bertz CT molecular complexity index is 915. The topological polar surface area (TPSA) is 75.3 Å². The number of carbonyl (C=O) groups is 1. The van der Waals surface area contributed by atoms with Crippen LogP contribution in [0.1, 0.15) is 54.1 Å². The number of aryl methyl sites for hydroxylation is 2. The smallest absolute Gasteiger partial charge is 0.261 e. The van der Waals surface area contributed by atoms with Crippen molar-refractivity contribution in [3.8, 4) is 0 Å². The highest BCUT2D eigenvalue weighted by molar-refractivity contribution is 7.92. The molecule has 0 radical (unpaired) electrons. The molecule has 0 atom stereocenters. The van der Waals surface area contributed by atoms with Gasteiger partial charge in [0.1, 0.15) is 0 Å². The molecule has 2 aromatic rings. The number of para-hydroxylation sites is 1. The van der Waals surface area contributed by atoms with Gasteiger partial charge >= 0.3 is 0 Å². The highest BCUT2D eigenvalue weighted by Crippen LogP contribution is 2.25. The number of nitrogens with one attached hydrogen (secondary N) is 2. The Hall–Kier alpha value is -2.34. The van der Waals surface area contributed by atoms with E-state index < -0.39 is 10.0 Å². The van der Waals surface area contributed by atoms with E-state index in [1.54, 1.807) is 12.1 Å². The number of hydrogen-bond acceptors (Lipinski definition) is 3. The molecule has 3 rings (SSSR count). The Kier molecular flexibility index (Phi) is 5.85. The monoisotopic (exact) mass is 386 g/mol. The molecule has 0 saturated heterocycles. The third kappa shape index (κ3) is 4.50. The van der Waals surface area contributed by atoms with E-state index in [0.717, 1.165) is 43.2 Å². The van der Waals surface area contributed by atoms with Gasteiger partial charge in [0.25, 0.3) is 15.9 Å². The van der Waals surface area contributed by atoms with Crippen LogP contribution in [0.2, 0.25) is 0 Å². The molecule has 0 spiro atoms. The van der Waals surface area contributed by atoms with E-state index in [2.05, 4.69) is 10.0 Å². The lowest BCUT2D eigenvalue weighted by Gasteiger charge is -2.15. The summed E-state index contributed by atoms with van der Waals surface area (Å²) < 4.78 is 28.2.